The summed E-state index contributed by atoms with van der Waals surface area (Å²) in [4.78, 5) is 16.6. The van der Waals surface area contributed by atoms with E-state index in [4.69, 9.17) is 15.0 Å². The molecule has 22 heavy (non-hydrogen) atoms. The van der Waals surface area contributed by atoms with E-state index in [0.717, 1.165) is 12.8 Å². The van der Waals surface area contributed by atoms with Crippen molar-refractivity contribution in [3.8, 4) is 0 Å². The molecule has 0 aromatic carbocycles. The van der Waals surface area contributed by atoms with Gasteiger partial charge in [-0.25, -0.2) is 0 Å². The number of rotatable bonds is 4. The molecule has 1 aliphatic heterocycles. The van der Waals surface area contributed by atoms with Crippen LogP contribution in [0.3, 0.4) is 0 Å². The van der Waals surface area contributed by atoms with Gasteiger partial charge in [0.05, 0.1) is 6.04 Å². The fourth-order valence-corrected chi connectivity index (χ4v) is 2.38. The maximum Gasteiger partial charge on any atom is 0.248 e. The summed E-state index contributed by atoms with van der Waals surface area (Å²) in [7, 11) is 0. The zero-order chi connectivity index (χ0) is 16.3. The minimum atomic E-state index is -0.531. The number of nitrogens with two attached hydrogens (primary N) is 1. The largest absolute Gasteiger partial charge is 0.381 e. The first kappa shape index (κ1) is 16.9. The molecule has 2 unspecified atom stereocenters. The van der Waals surface area contributed by atoms with Crippen LogP contribution in [-0.4, -0.2) is 35.3 Å². The van der Waals surface area contributed by atoms with E-state index < -0.39 is 6.04 Å². The van der Waals surface area contributed by atoms with Gasteiger partial charge in [0.2, 0.25) is 11.8 Å². The average molecular weight is 310 g/mol. The van der Waals surface area contributed by atoms with Crippen LogP contribution in [0.25, 0.3) is 0 Å². The monoisotopic (exact) mass is 310 g/mol. The summed E-state index contributed by atoms with van der Waals surface area (Å²) < 4.78 is 10.5. The second-order valence-corrected chi connectivity index (χ2v) is 6.91. The van der Waals surface area contributed by atoms with E-state index in [1.807, 2.05) is 27.7 Å². The Morgan fingerprint density at radius 3 is 2.55 bits per heavy atom. The first-order valence-electron chi connectivity index (χ1n) is 7.77. The lowest BCUT2D eigenvalue weighted by molar-refractivity contribution is -0.125. The predicted molar refractivity (Wildman–Crippen MR) is 81.1 cm³/mol. The summed E-state index contributed by atoms with van der Waals surface area (Å²) in [6, 6.07) is -0.890. The Bertz CT molecular complexity index is 503. The number of ether oxygens (including phenoxy) is 1. The Hall–Kier alpha value is -1.47. The molecular formula is C15H26N4O3. The number of carbonyl (C=O) groups excluding carboxylic acids is 1. The average Bonchev–Trinajstić information content (AvgIpc) is 2.97. The summed E-state index contributed by atoms with van der Waals surface area (Å²) >= 11 is 0. The normalized spacial score (nSPS) is 19.7. The molecule has 7 nitrogen and oxygen atoms in total. The molecule has 0 spiro atoms. The van der Waals surface area contributed by atoms with Crippen molar-refractivity contribution in [2.45, 2.75) is 58.0 Å². The highest BCUT2D eigenvalue weighted by Gasteiger charge is 2.29. The van der Waals surface area contributed by atoms with Gasteiger partial charge in [-0.05, 0) is 25.7 Å². The van der Waals surface area contributed by atoms with E-state index in [1.165, 1.54) is 0 Å². The van der Waals surface area contributed by atoms with Gasteiger partial charge in [-0.1, -0.05) is 25.9 Å². The minimum Gasteiger partial charge on any atom is -0.381 e. The van der Waals surface area contributed by atoms with Gasteiger partial charge in [0, 0.05) is 18.6 Å². The molecule has 3 N–H and O–H groups in total. The number of hydrogen-bond donors (Lipinski definition) is 2. The molecule has 1 aliphatic rings. The maximum atomic E-state index is 12.3. The molecule has 1 fully saturated rings. The molecule has 1 amide bonds. The molecule has 0 radical (unpaired) electrons. The molecule has 0 aliphatic carbocycles. The number of amides is 1. The number of hydrogen-bond acceptors (Lipinski definition) is 6. The molecule has 1 aromatic rings. The van der Waals surface area contributed by atoms with Crippen LogP contribution in [0.1, 0.15) is 58.3 Å². The molecule has 0 bridgehead atoms. The third-order valence-electron chi connectivity index (χ3n) is 3.92. The van der Waals surface area contributed by atoms with Crippen molar-refractivity contribution in [2.24, 2.45) is 11.7 Å². The first-order valence-corrected chi connectivity index (χ1v) is 7.77. The standard InChI is InChI=1S/C15H26N4O3/c1-9(13-18-14(19-22-13)15(2,3)4)17-12(20)11(16)10-5-7-21-8-6-10/h9-11H,5-8,16H2,1-4H3,(H,17,20). The zero-order valence-corrected chi connectivity index (χ0v) is 13.8. The number of nitrogens with zero attached hydrogens (tertiary/aromatic N) is 2. The van der Waals surface area contributed by atoms with Gasteiger partial charge in [-0.3, -0.25) is 4.79 Å². The lowest BCUT2D eigenvalue weighted by atomic mass is 9.91. The van der Waals surface area contributed by atoms with E-state index in [9.17, 15) is 4.79 Å². The maximum absolute atomic E-state index is 12.3. The fraction of sp³-hybridized carbons (Fsp3) is 0.800. The van der Waals surface area contributed by atoms with Crippen molar-refractivity contribution in [3.63, 3.8) is 0 Å². The highest BCUT2D eigenvalue weighted by molar-refractivity contribution is 5.82. The molecule has 2 rings (SSSR count). The van der Waals surface area contributed by atoms with E-state index in [-0.39, 0.29) is 23.3 Å². The Labute approximate surface area is 131 Å². The summed E-state index contributed by atoms with van der Waals surface area (Å²) in [6.07, 6.45) is 1.63. The summed E-state index contributed by atoms with van der Waals surface area (Å²) in [5.74, 6) is 0.999. The van der Waals surface area contributed by atoms with Crippen LogP contribution in [0.5, 0.6) is 0 Å². The van der Waals surface area contributed by atoms with Crippen molar-refractivity contribution in [1.82, 2.24) is 15.5 Å². The highest BCUT2D eigenvalue weighted by atomic mass is 16.5. The predicted octanol–water partition coefficient (Wildman–Crippen LogP) is 1.30. The van der Waals surface area contributed by atoms with Crippen LogP contribution in [-0.2, 0) is 14.9 Å². The van der Waals surface area contributed by atoms with Crippen molar-refractivity contribution in [1.29, 1.82) is 0 Å². The lowest BCUT2D eigenvalue weighted by Crippen LogP contribution is -2.47. The molecular weight excluding hydrogens is 284 g/mol. The topological polar surface area (TPSA) is 103 Å². The van der Waals surface area contributed by atoms with Crippen LogP contribution < -0.4 is 11.1 Å². The highest BCUT2D eigenvalue weighted by Crippen LogP contribution is 2.21. The van der Waals surface area contributed by atoms with Crippen LogP contribution in [0.2, 0.25) is 0 Å². The van der Waals surface area contributed by atoms with Gasteiger partial charge in [0.25, 0.3) is 0 Å². The van der Waals surface area contributed by atoms with Crippen molar-refractivity contribution in [3.05, 3.63) is 11.7 Å². The smallest absolute Gasteiger partial charge is 0.248 e. The van der Waals surface area contributed by atoms with Gasteiger partial charge in [0.15, 0.2) is 5.82 Å². The summed E-state index contributed by atoms with van der Waals surface area (Å²) in [6.45, 7) is 9.16. The third-order valence-corrected chi connectivity index (χ3v) is 3.92. The Kier molecular flexibility index (Phi) is 5.18. The third kappa shape index (κ3) is 4.04. The molecule has 7 heteroatoms. The molecule has 1 aromatic heterocycles. The van der Waals surface area contributed by atoms with Gasteiger partial charge < -0.3 is 20.3 Å². The second kappa shape index (κ2) is 6.75. The Morgan fingerprint density at radius 2 is 2.00 bits per heavy atom. The van der Waals surface area contributed by atoms with Crippen molar-refractivity contribution in [2.75, 3.05) is 13.2 Å². The fourth-order valence-electron chi connectivity index (χ4n) is 2.38. The number of aromatic nitrogens is 2. The minimum absolute atomic E-state index is 0.161. The van der Waals surface area contributed by atoms with Crippen molar-refractivity contribution >= 4 is 5.91 Å². The summed E-state index contributed by atoms with van der Waals surface area (Å²) in [5.41, 5.74) is 5.87. The van der Waals surface area contributed by atoms with E-state index in [1.54, 1.807) is 0 Å². The van der Waals surface area contributed by atoms with Crippen LogP contribution in [0, 0.1) is 5.92 Å². The van der Waals surface area contributed by atoms with E-state index in [0.29, 0.717) is 24.9 Å². The quantitative estimate of drug-likeness (QED) is 0.868. The lowest BCUT2D eigenvalue weighted by Gasteiger charge is -2.27. The van der Waals surface area contributed by atoms with Gasteiger partial charge in [0.1, 0.15) is 6.04 Å². The summed E-state index contributed by atoms with van der Waals surface area (Å²) in [5, 5.41) is 6.82. The van der Waals surface area contributed by atoms with E-state index >= 15 is 0 Å². The Balaban J connectivity index is 1.94. The molecule has 0 saturated carbocycles. The van der Waals surface area contributed by atoms with Gasteiger partial charge >= 0.3 is 0 Å². The van der Waals surface area contributed by atoms with Crippen LogP contribution >= 0.6 is 0 Å². The van der Waals surface area contributed by atoms with Gasteiger partial charge in [-0.15, -0.1) is 0 Å². The second-order valence-electron chi connectivity index (χ2n) is 6.91. The molecule has 124 valence electrons. The van der Waals surface area contributed by atoms with Crippen LogP contribution in [0.4, 0.5) is 0 Å². The Morgan fingerprint density at radius 1 is 1.36 bits per heavy atom. The molecule has 2 atom stereocenters. The molecule has 1 saturated heterocycles. The van der Waals surface area contributed by atoms with E-state index in [2.05, 4.69) is 15.5 Å². The van der Waals surface area contributed by atoms with Crippen molar-refractivity contribution < 1.29 is 14.1 Å². The first-order chi connectivity index (χ1) is 10.3. The van der Waals surface area contributed by atoms with Gasteiger partial charge in [-0.2, -0.15) is 4.98 Å². The zero-order valence-electron chi connectivity index (χ0n) is 13.8. The molecule has 2 heterocycles. The SMILES string of the molecule is CC(NC(=O)C(N)C1CCOCC1)c1nc(C(C)(C)C)no1. The van der Waals surface area contributed by atoms with Crippen LogP contribution in [0.15, 0.2) is 4.52 Å². The number of carbonyl (C=O) groups is 1. The number of nitrogens with one attached hydrogen (secondary N) is 1.